The van der Waals surface area contributed by atoms with Gasteiger partial charge in [0.05, 0.1) is 18.4 Å². The quantitative estimate of drug-likeness (QED) is 0.464. The number of hydrogen-bond acceptors (Lipinski definition) is 4. The van der Waals surface area contributed by atoms with Crippen molar-refractivity contribution < 1.29 is 14.3 Å². The molecule has 0 amide bonds. The Bertz CT molecular complexity index is 922. The van der Waals surface area contributed by atoms with Gasteiger partial charge in [-0.25, -0.2) is 4.79 Å². The lowest BCUT2D eigenvalue weighted by atomic mass is 10.1. The molecular weight excluding hydrogens is 350 g/mol. The Hall–Kier alpha value is -3.11. The molecule has 0 aliphatic heterocycles. The van der Waals surface area contributed by atoms with E-state index in [1.807, 2.05) is 36.4 Å². The zero-order valence-corrected chi connectivity index (χ0v) is 14.8. The number of carbonyl (C=O) groups is 1. The molecule has 0 fully saturated rings. The fraction of sp³-hybridized carbons (Fsp3) is 0.0476. The summed E-state index contributed by atoms with van der Waals surface area (Å²) in [7, 11) is 1.53. The van der Waals surface area contributed by atoms with Gasteiger partial charge in [-0.05, 0) is 60.2 Å². The number of halogens is 1. The van der Waals surface area contributed by atoms with Crippen LogP contribution in [-0.2, 0) is 0 Å². The van der Waals surface area contributed by atoms with E-state index in [2.05, 4.69) is 4.98 Å². The molecular formula is C21H16ClNO3. The Morgan fingerprint density at radius 1 is 1.00 bits per heavy atom. The number of aromatic nitrogens is 1. The maximum atomic E-state index is 12.2. The summed E-state index contributed by atoms with van der Waals surface area (Å²) < 4.78 is 10.8. The lowest BCUT2D eigenvalue weighted by Gasteiger charge is -2.10. The summed E-state index contributed by atoms with van der Waals surface area (Å²) in [6.07, 6.45) is 5.55. The summed E-state index contributed by atoms with van der Waals surface area (Å²) in [6.45, 7) is 0. The van der Waals surface area contributed by atoms with E-state index >= 15 is 0 Å². The Kier molecular flexibility index (Phi) is 5.66. The molecule has 3 rings (SSSR count). The third-order valence-electron chi connectivity index (χ3n) is 3.60. The van der Waals surface area contributed by atoms with Crippen molar-refractivity contribution in [2.45, 2.75) is 0 Å². The van der Waals surface area contributed by atoms with Crippen LogP contribution in [0.5, 0.6) is 11.5 Å². The zero-order valence-electron chi connectivity index (χ0n) is 14.1. The van der Waals surface area contributed by atoms with E-state index in [0.29, 0.717) is 22.1 Å². The number of benzene rings is 2. The molecule has 0 bridgehead atoms. The van der Waals surface area contributed by atoms with E-state index < -0.39 is 5.97 Å². The minimum absolute atomic E-state index is 0.349. The molecule has 0 saturated carbocycles. The summed E-state index contributed by atoms with van der Waals surface area (Å²) >= 11 is 5.83. The highest BCUT2D eigenvalue weighted by Gasteiger charge is 2.12. The van der Waals surface area contributed by atoms with Gasteiger partial charge in [-0.15, -0.1) is 0 Å². The van der Waals surface area contributed by atoms with E-state index in [1.54, 1.807) is 42.6 Å². The normalized spacial score (nSPS) is 10.7. The van der Waals surface area contributed by atoms with E-state index in [9.17, 15) is 4.79 Å². The fourth-order valence-corrected chi connectivity index (χ4v) is 2.40. The van der Waals surface area contributed by atoms with Crippen LogP contribution < -0.4 is 9.47 Å². The third-order valence-corrected chi connectivity index (χ3v) is 3.86. The van der Waals surface area contributed by atoms with Gasteiger partial charge < -0.3 is 9.47 Å². The zero-order chi connectivity index (χ0) is 18.4. The highest BCUT2D eigenvalue weighted by atomic mass is 35.5. The second kappa shape index (κ2) is 8.32. The summed E-state index contributed by atoms with van der Waals surface area (Å²) in [5.74, 6) is 0.342. The molecule has 1 aromatic heterocycles. The molecule has 26 heavy (non-hydrogen) atoms. The number of nitrogens with zero attached hydrogens (tertiary/aromatic N) is 1. The molecule has 0 aliphatic carbocycles. The molecule has 0 aliphatic rings. The second-order valence-corrected chi connectivity index (χ2v) is 5.83. The van der Waals surface area contributed by atoms with Gasteiger partial charge in [0.25, 0.3) is 0 Å². The molecule has 0 atom stereocenters. The SMILES string of the molecule is COc1cc(/C=C/c2ccccn2)ccc1OC(=O)c1ccc(Cl)cc1. The Balaban J connectivity index is 1.77. The van der Waals surface area contributed by atoms with Crippen LogP contribution in [0.3, 0.4) is 0 Å². The fourth-order valence-electron chi connectivity index (χ4n) is 2.27. The van der Waals surface area contributed by atoms with E-state index in [1.165, 1.54) is 7.11 Å². The minimum atomic E-state index is -0.475. The van der Waals surface area contributed by atoms with Gasteiger partial charge in [0.1, 0.15) is 0 Å². The summed E-state index contributed by atoms with van der Waals surface area (Å²) in [5, 5.41) is 0.558. The Morgan fingerprint density at radius 2 is 1.81 bits per heavy atom. The predicted octanol–water partition coefficient (Wildman–Crippen LogP) is 5.13. The van der Waals surface area contributed by atoms with E-state index in [4.69, 9.17) is 21.1 Å². The molecule has 3 aromatic rings. The Labute approximate surface area is 156 Å². The van der Waals surface area contributed by atoms with Crippen LogP contribution in [0.4, 0.5) is 0 Å². The molecule has 0 unspecified atom stereocenters. The van der Waals surface area contributed by atoms with Crippen LogP contribution in [0.2, 0.25) is 5.02 Å². The molecule has 130 valence electrons. The summed E-state index contributed by atoms with van der Waals surface area (Å²) in [5.41, 5.74) is 2.17. The molecule has 4 nitrogen and oxygen atoms in total. The third kappa shape index (κ3) is 4.49. The van der Waals surface area contributed by atoms with Crippen LogP contribution >= 0.6 is 11.6 Å². The van der Waals surface area contributed by atoms with Crippen molar-refractivity contribution >= 4 is 29.7 Å². The van der Waals surface area contributed by atoms with Crippen LogP contribution in [-0.4, -0.2) is 18.1 Å². The summed E-state index contributed by atoms with van der Waals surface area (Å²) in [4.78, 5) is 16.5. The number of hydrogen-bond donors (Lipinski definition) is 0. The van der Waals surface area contributed by atoms with Crippen LogP contribution in [0, 0.1) is 0 Å². The highest BCUT2D eigenvalue weighted by Crippen LogP contribution is 2.29. The van der Waals surface area contributed by atoms with Crippen molar-refractivity contribution in [1.29, 1.82) is 0 Å². The first-order valence-electron chi connectivity index (χ1n) is 7.90. The maximum Gasteiger partial charge on any atom is 0.343 e. The second-order valence-electron chi connectivity index (χ2n) is 5.39. The van der Waals surface area contributed by atoms with Crippen molar-refractivity contribution in [3.63, 3.8) is 0 Å². The number of carbonyl (C=O) groups excluding carboxylic acids is 1. The van der Waals surface area contributed by atoms with Gasteiger partial charge in [-0.3, -0.25) is 4.98 Å². The first-order chi connectivity index (χ1) is 12.7. The van der Waals surface area contributed by atoms with Gasteiger partial charge in [-0.1, -0.05) is 29.8 Å². The van der Waals surface area contributed by atoms with E-state index in [0.717, 1.165) is 11.3 Å². The minimum Gasteiger partial charge on any atom is -0.493 e. The highest BCUT2D eigenvalue weighted by molar-refractivity contribution is 6.30. The van der Waals surface area contributed by atoms with Crippen molar-refractivity contribution in [2.75, 3.05) is 7.11 Å². The molecule has 5 heteroatoms. The topological polar surface area (TPSA) is 48.4 Å². The van der Waals surface area contributed by atoms with Gasteiger partial charge in [0.2, 0.25) is 0 Å². The van der Waals surface area contributed by atoms with Crippen molar-refractivity contribution in [3.8, 4) is 11.5 Å². The van der Waals surface area contributed by atoms with Crippen molar-refractivity contribution in [1.82, 2.24) is 4.98 Å². The largest absolute Gasteiger partial charge is 0.493 e. The average Bonchev–Trinajstić information content (AvgIpc) is 2.68. The smallest absolute Gasteiger partial charge is 0.343 e. The number of pyridine rings is 1. The Morgan fingerprint density at radius 3 is 2.50 bits per heavy atom. The van der Waals surface area contributed by atoms with Crippen LogP contribution in [0.25, 0.3) is 12.2 Å². The molecule has 0 spiro atoms. The number of esters is 1. The molecule has 0 radical (unpaired) electrons. The average molecular weight is 366 g/mol. The molecule has 0 saturated heterocycles. The predicted molar refractivity (Wildman–Crippen MR) is 103 cm³/mol. The maximum absolute atomic E-state index is 12.2. The number of ether oxygens (including phenoxy) is 2. The first-order valence-corrected chi connectivity index (χ1v) is 8.28. The van der Waals surface area contributed by atoms with Gasteiger partial charge in [-0.2, -0.15) is 0 Å². The standard InChI is InChI=1S/C21H16ClNO3/c1-25-20-14-15(5-11-18-4-2-3-13-23-18)6-12-19(20)26-21(24)16-7-9-17(22)10-8-16/h2-14H,1H3/b11-5+. The van der Waals surface area contributed by atoms with Crippen molar-refractivity contribution in [3.05, 3.63) is 88.7 Å². The van der Waals surface area contributed by atoms with Crippen LogP contribution in [0.1, 0.15) is 21.6 Å². The van der Waals surface area contributed by atoms with Gasteiger partial charge in [0, 0.05) is 11.2 Å². The first kappa shape index (κ1) is 17.7. The lowest BCUT2D eigenvalue weighted by molar-refractivity contribution is 0.0729. The van der Waals surface area contributed by atoms with Crippen molar-refractivity contribution in [2.24, 2.45) is 0 Å². The molecule has 0 N–H and O–H groups in total. The lowest BCUT2D eigenvalue weighted by Crippen LogP contribution is -2.09. The van der Waals surface area contributed by atoms with Crippen LogP contribution in [0.15, 0.2) is 66.9 Å². The summed E-state index contributed by atoms with van der Waals surface area (Å²) in [6, 6.07) is 17.5. The van der Waals surface area contributed by atoms with Gasteiger partial charge in [0.15, 0.2) is 11.5 Å². The number of methoxy groups -OCH3 is 1. The monoisotopic (exact) mass is 365 g/mol. The van der Waals surface area contributed by atoms with Gasteiger partial charge >= 0.3 is 5.97 Å². The molecule has 2 aromatic carbocycles. The molecule has 1 heterocycles. The van der Waals surface area contributed by atoms with E-state index in [-0.39, 0.29) is 0 Å². The number of rotatable bonds is 5.